The second-order valence-corrected chi connectivity index (χ2v) is 6.21. The first kappa shape index (κ1) is 15.5. The summed E-state index contributed by atoms with van der Waals surface area (Å²) in [4.78, 5) is 1.27. The van der Waals surface area contributed by atoms with Crippen molar-refractivity contribution >= 4 is 17.4 Å². The second-order valence-electron chi connectivity index (χ2n) is 5.04. The SMILES string of the molecule is CCCCSc1cccc(-c2ccc(N)c(C#N)c2C)c1. The van der Waals surface area contributed by atoms with Gasteiger partial charge in [0.05, 0.1) is 5.56 Å². The molecule has 2 aromatic carbocycles. The number of nitrogens with zero attached hydrogens (tertiary/aromatic N) is 1. The van der Waals surface area contributed by atoms with E-state index in [2.05, 4.69) is 37.3 Å². The number of nitrogen functional groups attached to an aromatic ring is 1. The van der Waals surface area contributed by atoms with Crippen LogP contribution in [0.4, 0.5) is 5.69 Å². The van der Waals surface area contributed by atoms with Gasteiger partial charge in [0.1, 0.15) is 6.07 Å². The van der Waals surface area contributed by atoms with Gasteiger partial charge in [-0.15, -0.1) is 11.8 Å². The van der Waals surface area contributed by atoms with Gasteiger partial charge in [-0.05, 0) is 54.0 Å². The van der Waals surface area contributed by atoms with Gasteiger partial charge < -0.3 is 5.73 Å². The number of hydrogen-bond donors (Lipinski definition) is 1. The molecule has 0 aromatic heterocycles. The van der Waals surface area contributed by atoms with Crippen molar-refractivity contribution in [2.45, 2.75) is 31.6 Å². The number of anilines is 1. The summed E-state index contributed by atoms with van der Waals surface area (Å²) in [5.41, 5.74) is 10.2. The maximum Gasteiger partial charge on any atom is 0.102 e. The number of benzene rings is 2. The van der Waals surface area contributed by atoms with Gasteiger partial charge in [-0.2, -0.15) is 5.26 Å². The smallest absolute Gasteiger partial charge is 0.102 e. The van der Waals surface area contributed by atoms with Gasteiger partial charge in [-0.3, -0.25) is 0 Å². The molecule has 0 amide bonds. The lowest BCUT2D eigenvalue weighted by molar-refractivity contribution is 0.896. The zero-order valence-corrected chi connectivity index (χ0v) is 13.3. The zero-order valence-electron chi connectivity index (χ0n) is 12.5. The van der Waals surface area contributed by atoms with Gasteiger partial charge in [0.15, 0.2) is 0 Å². The third-order valence-corrected chi connectivity index (χ3v) is 4.60. The molecule has 0 saturated heterocycles. The fourth-order valence-corrected chi connectivity index (χ4v) is 3.34. The number of unbranched alkanes of at least 4 members (excludes halogenated alkanes) is 1. The molecule has 0 radical (unpaired) electrons. The van der Waals surface area contributed by atoms with E-state index in [1.54, 1.807) is 0 Å². The highest BCUT2D eigenvalue weighted by Crippen LogP contribution is 2.31. The zero-order chi connectivity index (χ0) is 15.2. The Morgan fingerprint density at radius 2 is 2.05 bits per heavy atom. The fraction of sp³-hybridized carbons (Fsp3) is 0.278. The maximum absolute atomic E-state index is 9.23. The topological polar surface area (TPSA) is 49.8 Å². The highest BCUT2D eigenvalue weighted by Gasteiger charge is 2.09. The van der Waals surface area contributed by atoms with Crippen molar-refractivity contribution in [3.8, 4) is 17.2 Å². The van der Waals surface area contributed by atoms with E-state index in [1.807, 2.05) is 30.8 Å². The Morgan fingerprint density at radius 1 is 1.24 bits per heavy atom. The van der Waals surface area contributed by atoms with Crippen LogP contribution in [0, 0.1) is 18.3 Å². The minimum absolute atomic E-state index is 0.548. The van der Waals surface area contributed by atoms with Crippen molar-refractivity contribution in [3.63, 3.8) is 0 Å². The fourth-order valence-electron chi connectivity index (χ4n) is 2.28. The lowest BCUT2D eigenvalue weighted by Gasteiger charge is -2.11. The lowest BCUT2D eigenvalue weighted by atomic mass is 9.96. The van der Waals surface area contributed by atoms with Crippen molar-refractivity contribution in [2.24, 2.45) is 0 Å². The first-order valence-corrected chi connectivity index (χ1v) is 8.18. The van der Waals surface area contributed by atoms with Crippen LogP contribution in [0.5, 0.6) is 0 Å². The van der Waals surface area contributed by atoms with Crippen LogP contribution >= 0.6 is 11.8 Å². The molecular weight excluding hydrogens is 276 g/mol. The Morgan fingerprint density at radius 3 is 2.76 bits per heavy atom. The maximum atomic E-state index is 9.23. The van der Waals surface area contributed by atoms with Gasteiger partial charge in [-0.1, -0.05) is 31.5 Å². The Kier molecular flexibility index (Phi) is 5.30. The van der Waals surface area contributed by atoms with Crippen molar-refractivity contribution in [1.29, 1.82) is 5.26 Å². The first-order chi connectivity index (χ1) is 10.2. The Bertz CT molecular complexity index is 671. The van der Waals surface area contributed by atoms with E-state index >= 15 is 0 Å². The molecule has 0 saturated carbocycles. The molecule has 0 aliphatic carbocycles. The summed E-state index contributed by atoms with van der Waals surface area (Å²) < 4.78 is 0. The third-order valence-electron chi connectivity index (χ3n) is 3.52. The standard InChI is InChI=1S/C18H20N2S/c1-3-4-10-21-15-7-5-6-14(11-15)16-8-9-18(20)17(12-19)13(16)2/h5-9,11H,3-4,10,20H2,1-2H3. The number of nitriles is 1. The van der Waals surface area contributed by atoms with E-state index in [9.17, 15) is 5.26 Å². The minimum atomic E-state index is 0.548. The molecule has 0 spiro atoms. The number of thioether (sulfide) groups is 1. The molecule has 2 rings (SSSR count). The summed E-state index contributed by atoms with van der Waals surface area (Å²) in [6, 6.07) is 14.5. The molecule has 0 aliphatic heterocycles. The van der Waals surface area contributed by atoms with Gasteiger partial charge in [-0.25, -0.2) is 0 Å². The van der Waals surface area contributed by atoms with Crippen LogP contribution in [0.15, 0.2) is 41.3 Å². The van der Waals surface area contributed by atoms with E-state index < -0.39 is 0 Å². The molecule has 2 N–H and O–H groups in total. The minimum Gasteiger partial charge on any atom is -0.398 e. The molecule has 2 nitrogen and oxygen atoms in total. The molecular formula is C18H20N2S. The van der Waals surface area contributed by atoms with E-state index in [-0.39, 0.29) is 0 Å². The van der Waals surface area contributed by atoms with Gasteiger partial charge in [0.2, 0.25) is 0 Å². The molecule has 0 atom stereocenters. The third kappa shape index (κ3) is 3.59. The van der Waals surface area contributed by atoms with Crippen LogP contribution < -0.4 is 5.73 Å². The largest absolute Gasteiger partial charge is 0.398 e. The van der Waals surface area contributed by atoms with Crippen LogP contribution in [0.3, 0.4) is 0 Å². The van der Waals surface area contributed by atoms with E-state index in [0.29, 0.717) is 11.3 Å². The molecule has 0 aliphatic rings. The molecule has 108 valence electrons. The van der Waals surface area contributed by atoms with Gasteiger partial charge >= 0.3 is 0 Å². The van der Waals surface area contributed by atoms with E-state index in [4.69, 9.17) is 5.73 Å². The number of rotatable bonds is 5. The summed E-state index contributed by atoms with van der Waals surface area (Å²) in [6.07, 6.45) is 2.45. The van der Waals surface area contributed by atoms with Crippen LogP contribution in [-0.4, -0.2) is 5.75 Å². The number of nitrogens with two attached hydrogens (primary N) is 1. The highest BCUT2D eigenvalue weighted by molar-refractivity contribution is 7.99. The summed E-state index contributed by atoms with van der Waals surface area (Å²) in [6.45, 7) is 4.17. The quantitative estimate of drug-likeness (QED) is 0.479. The molecule has 0 fully saturated rings. The molecule has 0 bridgehead atoms. The summed E-state index contributed by atoms with van der Waals surface area (Å²) in [5, 5.41) is 9.23. The van der Waals surface area contributed by atoms with Crippen molar-refractivity contribution < 1.29 is 0 Å². The molecule has 0 heterocycles. The summed E-state index contributed by atoms with van der Waals surface area (Å²) in [5.74, 6) is 1.14. The normalized spacial score (nSPS) is 10.3. The Hall–Kier alpha value is -1.92. The second kappa shape index (κ2) is 7.19. The van der Waals surface area contributed by atoms with Crippen LogP contribution in [0.25, 0.3) is 11.1 Å². The summed E-state index contributed by atoms with van der Waals surface area (Å²) >= 11 is 1.88. The first-order valence-electron chi connectivity index (χ1n) is 7.19. The van der Waals surface area contributed by atoms with Crippen molar-refractivity contribution in [1.82, 2.24) is 0 Å². The van der Waals surface area contributed by atoms with Gasteiger partial charge in [0, 0.05) is 10.6 Å². The molecule has 0 unspecified atom stereocenters. The van der Waals surface area contributed by atoms with Gasteiger partial charge in [0.25, 0.3) is 0 Å². The monoisotopic (exact) mass is 296 g/mol. The average Bonchev–Trinajstić information content (AvgIpc) is 2.48. The molecule has 3 heteroatoms. The Labute approximate surface area is 131 Å². The Balaban J connectivity index is 2.35. The van der Waals surface area contributed by atoms with Crippen molar-refractivity contribution in [3.05, 3.63) is 47.5 Å². The molecule has 2 aromatic rings. The van der Waals surface area contributed by atoms with Crippen LogP contribution in [0.1, 0.15) is 30.9 Å². The average molecular weight is 296 g/mol. The predicted octanol–water partition coefficient (Wildman–Crippen LogP) is 5.01. The van der Waals surface area contributed by atoms with Crippen LogP contribution in [0.2, 0.25) is 0 Å². The van der Waals surface area contributed by atoms with E-state index in [0.717, 1.165) is 22.4 Å². The van der Waals surface area contributed by atoms with E-state index in [1.165, 1.54) is 17.7 Å². The summed E-state index contributed by atoms with van der Waals surface area (Å²) in [7, 11) is 0. The highest BCUT2D eigenvalue weighted by atomic mass is 32.2. The molecule has 21 heavy (non-hydrogen) atoms. The predicted molar refractivity (Wildman–Crippen MR) is 91.4 cm³/mol. The van der Waals surface area contributed by atoms with Crippen LogP contribution in [-0.2, 0) is 0 Å². The number of hydrogen-bond acceptors (Lipinski definition) is 3. The lowest BCUT2D eigenvalue weighted by Crippen LogP contribution is -1.95. The van der Waals surface area contributed by atoms with Crippen molar-refractivity contribution in [2.75, 3.05) is 11.5 Å².